The Bertz CT molecular complexity index is 326. The Morgan fingerprint density at radius 2 is 2.21 bits per heavy atom. The lowest BCUT2D eigenvalue weighted by molar-refractivity contribution is 0.370. The molecule has 0 aliphatic heterocycles. The highest BCUT2D eigenvalue weighted by Crippen LogP contribution is 2.35. The highest BCUT2D eigenvalue weighted by atomic mass is 35.5. The van der Waals surface area contributed by atoms with Crippen molar-refractivity contribution in [1.29, 1.82) is 0 Å². The van der Waals surface area contributed by atoms with E-state index in [4.69, 9.17) is 22.1 Å². The maximum absolute atomic E-state index is 9.75. The number of halogens is 1. The first-order valence-electron chi connectivity index (χ1n) is 4.36. The molecule has 0 saturated carbocycles. The van der Waals surface area contributed by atoms with E-state index in [0.29, 0.717) is 22.8 Å². The van der Waals surface area contributed by atoms with E-state index in [2.05, 4.69) is 0 Å². The fraction of sp³-hybridized carbons (Fsp3) is 0.400. The lowest BCUT2D eigenvalue weighted by atomic mass is 10.1. The first kappa shape index (κ1) is 11.1. The van der Waals surface area contributed by atoms with Gasteiger partial charge in [-0.15, -0.1) is 0 Å². The molecule has 1 unspecified atom stereocenters. The van der Waals surface area contributed by atoms with Gasteiger partial charge in [-0.05, 0) is 25.5 Å². The molecule has 0 heterocycles. The number of benzene rings is 1. The van der Waals surface area contributed by atoms with E-state index >= 15 is 0 Å². The lowest BCUT2D eigenvalue weighted by Crippen LogP contribution is -2.18. The summed E-state index contributed by atoms with van der Waals surface area (Å²) in [5, 5.41) is 10.3. The Hall–Kier alpha value is -0.930. The summed E-state index contributed by atoms with van der Waals surface area (Å²) in [6.45, 7) is 1.86. The molecule has 3 nitrogen and oxygen atoms in total. The van der Waals surface area contributed by atoms with Crippen LogP contribution in [0.2, 0.25) is 5.02 Å². The number of hydrogen-bond donors (Lipinski definition) is 2. The van der Waals surface area contributed by atoms with Crippen LogP contribution in [0.15, 0.2) is 12.1 Å². The minimum Gasteiger partial charge on any atom is -0.504 e. The summed E-state index contributed by atoms with van der Waals surface area (Å²) in [4.78, 5) is 0. The van der Waals surface area contributed by atoms with E-state index in [1.807, 2.05) is 6.92 Å². The maximum atomic E-state index is 9.75. The van der Waals surface area contributed by atoms with Gasteiger partial charge < -0.3 is 15.6 Å². The number of phenols is 1. The van der Waals surface area contributed by atoms with Crippen molar-refractivity contribution in [2.75, 3.05) is 7.11 Å². The van der Waals surface area contributed by atoms with E-state index < -0.39 is 0 Å². The molecule has 4 heteroatoms. The minimum absolute atomic E-state index is 0.0505. The van der Waals surface area contributed by atoms with Crippen LogP contribution in [0.5, 0.6) is 11.5 Å². The van der Waals surface area contributed by atoms with Crippen molar-refractivity contribution in [1.82, 2.24) is 0 Å². The number of nitrogens with two attached hydrogens (primary N) is 1. The zero-order chi connectivity index (χ0) is 10.7. The summed E-state index contributed by atoms with van der Waals surface area (Å²) < 4.78 is 4.97. The highest BCUT2D eigenvalue weighted by molar-refractivity contribution is 6.31. The van der Waals surface area contributed by atoms with Gasteiger partial charge in [0.25, 0.3) is 0 Å². The summed E-state index contributed by atoms with van der Waals surface area (Å²) in [7, 11) is 1.50. The molecule has 1 rings (SSSR count). The van der Waals surface area contributed by atoms with Crippen molar-refractivity contribution in [3.05, 3.63) is 22.7 Å². The Morgan fingerprint density at radius 1 is 1.57 bits per heavy atom. The quantitative estimate of drug-likeness (QED) is 0.810. The van der Waals surface area contributed by atoms with E-state index in [1.165, 1.54) is 7.11 Å². The Balaban J connectivity index is 3.11. The van der Waals surface area contributed by atoms with E-state index in [0.717, 1.165) is 0 Å². The van der Waals surface area contributed by atoms with Crippen LogP contribution in [-0.2, 0) is 6.42 Å². The van der Waals surface area contributed by atoms with Gasteiger partial charge in [-0.1, -0.05) is 11.6 Å². The molecule has 0 spiro atoms. The second kappa shape index (κ2) is 4.53. The summed E-state index contributed by atoms with van der Waals surface area (Å²) in [6, 6.07) is 3.27. The summed E-state index contributed by atoms with van der Waals surface area (Å²) in [5.74, 6) is 0.502. The van der Waals surface area contributed by atoms with Gasteiger partial charge in [0.15, 0.2) is 11.5 Å². The third-order valence-corrected chi connectivity index (χ3v) is 2.29. The third-order valence-electron chi connectivity index (χ3n) is 1.93. The molecule has 1 aromatic rings. The molecular weight excluding hydrogens is 202 g/mol. The maximum Gasteiger partial charge on any atom is 0.162 e. The van der Waals surface area contributed by atoms with Crippen molar-refractivity contribution in [3.63, 3.8) is 0 Å². The van der Waals surface area contributed by atoms with Gasteiger partial charge in [-0.2, -0.15) is 0 Å². The molecule has 0 aromatic heterocycles. The summed E-state index contributed by atoms with van der Waals surface area (Å²) in [6.07, 6.45) is 0.530. The van der Waals surface area contributed by atoms with Gasteiger partial charge in [0, 0.05) is 16.6 Å². The molecule has 78 valence electrons. The van der Waals surface area contributed by atoms with E-state index in [9.17, 15) is 5.11 Å². The minimum atomic E-state index is -0.0505. The lowest BCUT2D eigenvalue weighted by Gasteiger charge is -2.12. The molecule has 1 atom stereocenters. The normalized spacial score (nSPS) is 12.6. The monoisotopic (exact) mass is 215 g/mol. The largest absolute Gasteiger partial charge is 0.504 e. The van der Waals surface area contributed by atoms with Crippen molar-refractivity contribution < 1.29 is 9.84 Å². The zero-order valence-electron chi connectivity index (χ0n) is 8.25. The van der Waals surface area contributed by atoms with Gasteiger partial charge in [-0.25, -0.2) is 0 Å². The van der Waals surface area contributed by atoms with Crippen LogP contribution in [-0.4, -0.2) is 18.3 Å². The number of hydrogen-bond acceptors (Lipinski definition) is 3. The highest BCUT2D eigenvalue weighted by Gasteiger charge is 2.13. The van der Waals surface area contributed by atoms with Crippen molar-refractivity contribution >= 4 is 11.6 Å². The van der Waals surface area contributed by atoms with Crippen LogP contribution in [0.1, 0.15) is 12.5 Å². The smallest absolute Gasteiger partial charge is 0.162 e. The van der Waals surface area contributed by atoms with Crippen molar-refractivity contribution in [2.24, 2.45) is 5.73 Å². The van der Waals surface area contributed by atoms with Crippen LogP contribution < -0.4 is 10.5 Å². The average Bonchev–Trinajstić information content (AvgIpc) is 2.12. The number of methoxy groups -OCH3 is 1. The van der Waals surface area contributed by atoms with Crippen molar-refractivity contribution in [2.45, 2.75) is 19.4 Å². The van der Waals surface area contributed by atoms with Crippen LogP contribution in [0.25, 0.3) is 0 Å². The van der Waals surface area contributed by atoms with Gasteiger partial charge >= 0.3 is 0 Å². The van der Waals surface area contributed by atoms with Gasteiger partial charge in [0.2, 0.25) is 0 Å². The predicted octanol–water partition coefficient (Wildman–Crippen LogP) is 1.94. The van der Waals surface area contributed by atoms with Crippen LogP contribution in [0, 0.1) is 0 Å². The third kappa shape index (κ3) is 2.30. The average molecular weight is 216 g/mol. The Morgan fingerprint density at radius 3 is 2.71 bits per heavy atom. The number of ether oxygens (including phenoxy) is 1. The fourth-order valence-electron chi connectivity index (χ4n) is 1.27. The number of rotatable bonds is 3. The second-order valence-corrected chi connectivity index (χ2v) is 3.67. The number of phenolic OH excluding ortho intramolecular Hbond substituents is 1. The van der Waals surface area contributed by atoms with E-state index in [1.54, 1.807) is 12.1 Å². The number of aromatic hydroxyl groups is 1. The molecule has 1 aromatic carbocycles. The molecule has 0 amide bonds. The van der Waals surface area contributed by atoms with Gasteiger partial charge in [0.1, 0.15) is 0 Å². The Labute approximate surface area is 88.4 Å². The molecule has 14 heavy (non-hydrogen) atoms. The molecular formula is C10H14ClNO2. The summed E-state index contributed by atoms with van der Waals surface area (Å²) in [5.41, 5.74) is 6.28. The van der Waals surface area contributed by atoms with Crippen LogP contribution in [0.3, 0.4) is 0 Å². The molecule has 3 N–H and O–H groups in total. The first-order valence-corrected chi connectivity index (χ1v) is 4.74. The van der Waals surface area contributed by atoms with Gasteiger partial charge in [-0.3, -0.25) is 0 Å². The van der Waals surface area contributed by atoms with Crippen LogP contribution in [0.4, 0.5) is 0 Å². The molecule has 0 aliphatic rings. The van der Waals surface area contributed by atoms with E-state index in [-0.39, 0.29) is 11.8 Å². The molecule has 0 radical (unpaired) electrons. The molecule has 0 saturated heterocycles. The Kier molecular flexibility index (Phi) is 3.61. The fourth-order valence-corrected chi connectivity index (χ4v) is 1.50. The van der Waals surface area contributed by atoms with Crippen molar-refractivity contribution in [3.8, 4) is 11.5 Å². The SMILES string of the molecule is COc1ccc(Cl)c(CC(C)N)c1O. The van der Waals surface area contributed by atoms with Crippen LogP contribution >= 0.6 is 11.6 Å². The first-order chi connectivity index (χ1) is 6.56. The molecule has 0 aliphatic carbocycles. The standard InChI is InChI=1S/C10H14ClNO2/c1-6(12)5-7-8(11)3-4-9(14-2)10(7)13/h3-4,6,13H,5,12H2,1-2H3. The van der Waals surface area contributed by atoms with Gasteiger partial charge in [0.05, 0.1) is 7.11 Å². The zero-order valence-corrected chi connectivity index (χ0v) is 9.01. The predicted molar refractivity (Wildman–Crippen MR) is 57.0 cm³/mol. The molecule has 0 bridgehead atoms. The summed E-state index contributed by atoms with van der Waals surface area (Å²) >= 11 is 5.93. The molecule has 0 fully saturated rings. The topological polar surface area (TPSA) is 55.5 Å². The second-order valence-electron chi connectivity index (χ2n) is 3.26.